The average Bonchev–Trinajstić information content (AvgIpc) is 2.18. The van der Waals surface area contributed by atoms with Crippen molar-refractivity contribution in [3.8, 4) is 0 Å². The molecular formula is C10H18O5. The molecular weight excluding hydrogens is 200 g/mol. The molecule has 0 saturated heterocycles. The summed E-state index contributed by atoms with van der Waals surface area (Å²) in [6, 6.07) is 0. The van der Waals surface area contributed by atoms with Crippen LogP contribution in [-0.4, -0.2) is 36.4 Å². The molecule has 0 aromatic rings. The fourth-order valence-corrected chi connectivity index (χ4v) is 1.03. The Bertz CT molecular complexity index is 202. The maximum absolute atomic E-state index is 11.0. The van der Waals surface area contributed by atoms with Crippen LogP contribution in [0, 0.1) is 0 Å². The highest BCUT2D eigenvalue weighted by molar-refractivity contribution is 5.74. The van der Waals surface area contributed by atoms with E-state index in [0.717, 1.165) is 0 Å². The lowest BCUT2D eigenvalue weighted by Gasteiger charge is -2.08. The number of ether oxygens (including phenoxy) is 2. The predicted molar refractivity (Wildman–Crippen MR) is 53.1 cm³/mol. The van der Waals surface area contributed by atoms with Gasteiger partial charge in [-0.3, -0.25) is 4.79 Å². The van der Waals surface area contributed by atoms with Crippen molar-refractivity contribution in [1.82, 2.24) is 0 Å². The van der Waals surface area contributed by atoms with Gasteiger partial charge in [0.15, 0.2) is 6.10 Å². The van der Waals surface area contributed by atoms with Crippen molar-refractivity contribution in [3.63, 3.8) is 0 Å². The van der Waals surface area contributed by atoms with Gasteiger partial charge >= 0.3 is 11.9 Å². The summed E-state index contributed by atoms with van der Waals surface area (Å²) in [6.07, 6.45) is -0.291. The van der Waals surface area contributed by atoms with Crippen molar-refractivity contribution in [2.45, 2.75) is 39.2 Å². The Morgan fingerprint density at radius 2 is 1.80 bits per heavy atom. The summed E-state index contributed by atoms with van der Waals surface area (Å²) in [6.45, 7) is 3.99. The number of aliphatic hydroxyl groups is 1. The Balaban J connectivity index is 3.58. The lowest BCUT2D eigenvalue weighted by molar-refractivity contribution is -0.154. The SMILES string of the molecule is CCOC(=O)CCC[C@H](O)C(=O)OCC. The molecule has 0 aromatic heterocycles. The molecule has 0 rings (SSSR count). The maximum Gasteiger partial charge on any atom is 0.334 e. The Morgan fingerprint density at radius 1 is 1.20 bits per heavy atom. The first-order valence-electron chi connectivity index (χ1n) is 5.12. The van der Waals surface area contributed by atoms with Gasteiger partial charge in [-0.05, 0) is 26.7 Å². The van der Waals surface area contributed by atoms with E-state index in [4.69, 9.17) is 4.74 Å². The first-order valence-corrected chi connectivity index (χ1v) is 5.12. The number of rotatable bonds is 7. The van der Waals surface area contributed by atoms with Gasteiger partial charge in [-0.2, -0.15) is 0 Å². The topological polar surface area (TPSA) is 72.8 Å². The molecule has 0 radical (unpaired) electrons. The molecule has 0 aliphatic carbocycles. The van der Waals surface area contributed by atoms with Gasteiger partial charge < -0.3 is 14.6 Å². The summed E-state index contributed by atoms with van der Waals surface area (Å²) in [5, 5.41) is 9.26. The molecule has 0 aliphatic heterocycles. The molecule has 1 N–H and O–H groups in total. The average molecular weight is 218 g/mol. The molecule has 0 spiro atoms. The molecule has 0 heterocycles. The van der Waals surface area contributed by atoms with Gasteiger partial charge in [-0.25, -0.2) is 4.79 Å². The van der Waals surface area contributed by atoms with Crippen LogP contribution in [0.2, 0.25) is 0 Å². The number of carbonyl (C=O) groups is 2. The van der Waals surface area contributed by atoms with Crippen LogP contribution < -0.4 is 0 Å². The summed E-state index contributed by atoms with van der Waals surface area (Å²) in [5.74, 6) is -0.949. The first kappa shape index (κ1) is 13.9. The molecule has 0 aliphatic rings. The van der Waals surface area contributed by atoms with E-state index < -0.39 is 12.1 Å². The summed E-state index contributed by atoms with van der Waals surface area (Å²) < 4.78 is 9.30. The quantitative estimate of drug-likeness (QED) is 0.635. The van der Waals surface area contributed by atoms with Crippen LogP contribution in [-0.2, 0) is 19.1 Å². The molecule has 0 bridgehead atoms. The van der Waals surface area contributed by atoms with E-state index in [1.807, 2.05) is 0 Å². The van der Waals surface area contributed by atoms with Crippen molar-refractivity contribution in [2.75, 3.05) is 13.2 Å². The van der Waals surface area contributed by atoms with Gasteiger partial charge in [0.25, 0.3) is 0 Å². The number of hydrogen-bond acceptors (Lipinski definition) is 5. The van der Waals surface area contributed by atoms with Gasteiger partial charge in [0.05, 0.1) is 13.2 Å². The third kappa shape index (κ3) is 6.90. The first-order chi connectivity index (χ1) is 7.11. The van der Waals surface area contributed by atoms with Crippen LogP contribution in [0.1, 0.15) is 33.1 Å². The minimum absolute atomic E-state index is 0.213. The number of carbonyl (C=O) groups excluding carboxylic acids is 2. The molecule has 88 valence electrons. The lowest BCUT2D eigenvalue weighted by Crippen LogP contribution is -2.23. The molecule has 0 unspecified atom stereocenters. The normalized spacial score (nSPS) is 11.9. The van der Waals surface area contributed by atoms with Gasteiger partial charge in [-0.1, -0.05) is 0 Å². The molecule has 5 heteroatoms. The van der Waals surface area contributed by atoms with Gasteiger partial charge in [0.2, 0.25) is 0 Å². The van der Waals surface area contributed by atoms with E-state index >= 15 is 0 Å². The third-order valence-electron chi connectivity index (χ3n) is 1.72. The van der Waals surface area contributed by atoms with Gasteiger partial charge in [-0.15, -0.1) is 0 Å². The Hall–Kier alpha value is -1.10. The zero-order valence-corrected chi connectivity index (χ0v) is 9.19. The van der Waals surface area contributed by atoms with Crippen molar-refractivity contribution >= 4 is 11.9 Å². The van der Waals surface area contributed by atoms with E-state index in [2.05, 4.69) is 4.74 Å². The highest BCUT2D eigenvalue weighted by atomic mass is 16.5. The second-order valence-electron chi connectivity index (χ2n) is 2.97. The van der Waals surface area contributed by atoms with E-state index in [1.54, 1.807) is 13.8 Å². The second kappa shape index (κ2) is 8.23. The van der Waals surface area contributed by atoms with Crippen LogP contribution in [0.15, 0.2) is 0 Å². The Labute approximate surface area is 89.4 Å². The molecule has 0 amide bonds. The van der Waals surface area contributed by atoms with Gasteiger partial charge in [0, 0.05) is 6.42 Å². The van der Waals surface area contributed by atoms with Crippen molar-refractivity contribution in [1.29, 1.82) is 0 Å². The summed E-state index contributed by atoms with van der Waals surface area (Å²) in [7, 11) is 0. The lowest BCUT2D eigenvalue weighted by atomic mass is 10.1. The number of aliphatic hydroxyl groups excluding tert-OH is 1. The highest BCUT2D eigenvalue weighted by Crippen LogP contribution is 2.04. The van der Waals surface area contributed by atoms with E-state index in [9.17, 15) is 14.7 Å². The Kier molecular flexibility index (Phi) is 7.62. The molecule has 0 fully saturated rings. The number of hydrogen-bond donors (Lipinski definition) is 1. The van der Waals surface area contributed by atoms with Crippen LogP contribution in [0.5, 0.6) is 0 Å². The second-order valence-corrected chi connectivity index (χ2v) is 2.97. The largest absolute Gasteiger partial charge is 0.466 e. The molecule has 15 heavy (non-hydrogen) atoms. The van der Waals surface area contributed by atoms with Crippen LogP contribution in [0.3, 0.4) is 0 Å². The number of esters is 2. The van der Waals surface area contributed by atoms with E-state index in [0.29, 0.717) is 13.0 Å². The van der Waals surface area contributed by atoms with E-state index in [1.165, 1.54) is 0 Å². The smallest absolute Gasteiger partial charge is 0.334 e. The minimum atomic E-state index is -1.14. The standard InChI is InChI=1S/C10H18O5/c1-3-14-9(12)7-5-6-8(11)10(13)15-4-2/h8,11H,3-7H2,1-2H3/t8-/m0/s1. The fourth-order valence-electron chi connectivity index (χ4n) is 1.03. The zero-order chi connectivity index (χ0) is 11.7. The molecule has 0 aromatic carbocycles. The third-order valence-corrected chi connectivity index (χ3v) is 1.72. The summed E-state index contributed by atoms with van der Waals surface area (Å²) in [4.78, 5) is 21.9. The Morgan fingerprint density at radius 3 is 2.33 bits per heavy atom. The van der Waals surface area contributed by atoms with Crippen molar-refractivity contribution < 1.29 is 24.2 Å². The summed E-state index contributed by atoms with van der Waals surface area (Å²) in [5.41, 5.74) is 0. The monoisotopic (exact) mass is 218 g/mol. The van der Waals surface area contributed by atoms with Crippen molar-refractivity contribution in [3.05, 3.63) is 0 Å². The maximum atomic E-state index is 11.0. The fraction of sp³-hybridized carbons (Fsp3) is 0.800. The van der Waals surface area contributed by atoms with Crippen LogP contribution in [0.4, 0.5) is 0 Å². The highest BCUT2D eigenvalue weighted by Gasteiger charge is 2.16. The van der Waals surface area contributed by atoms with Crippen LogP contribution in [0.25, 0.3) is 0 Å². The predicted octanol–water partition coefficient (Wildman–Crippen LogP) is 0.644. The molecule has 5 nitrogen and oxygen atoms in total. The van der Waals surface area contributed by atoms with Crippen molar-refractivity contribution in [2.24, 2.45) is 0 Å². The molecule has 1 atom stereocenters. The van der Waals surface area contributed by atoms with Gasteiger partial charge in [0.1, 0.15) is 0 Å². The molecule has 0 saturated carbocycles. The van der Waals surface area contributed by atoms with Crippen LogP contribution >= 0.6 is 0 Å². The summed E-state index contributed by atoms with van der Waals surface area (Å²) >= 11 is 0. The minimum Gasteiger partial charge on any atom is -0.466 e. The zero-order valence-electron chi connectivity index (χ0n) is 9.19. The van der Waals surface area contributed by atoms with E-state index in [-0.39, 0.29) is 25.4 Å².